The number of hydrogen-bond acceptors (Lipinski definition) is 15. The van der Waals surface area contributed by atoms with Crippen LogP contribution in [0, 0.1) is 0 Å². The van der Waals surface area contributed by atoms with Gasteiger partial charge in [-0.15, -0.1) is 0 Å². The molecule has 3 N–H and O–H groups in total. The van der Waals surface area contributed by atoms with Crippen LogP contribution in [-0.2, 0) is 65.4 Å². The molecular weight excluding hydrogens is 1320 g/mol. The van der Waals surface area contributed by atoms with Gasteiger partial charge in [0.2, 0.25) is 0 Å². The van der Waals surface area contributed by atoms with E-state index in [-0.39, 0.29) is 25.7 Å². The molecule has 0 spiro atoms. The number of aliphatic hydroxyl groups excluding tert-OH is 1. The predicted octanol–water partition coefficient (Wildman–Crippen LogP) is 24.5. The van der Waals surface area contributed by atoms with Gasteiger partial charge >= 0.3 is 39.5 Å². The topological polar surface area (TPSA) is 237 Å². The van der Waals surface area contributed by atoms with Crippen LogP contribution in [0.3, 0.4) is 0 Å². The summed E-state index contributed by atoms with van der Waals surface area (Å²) in [5.41, 5.74) is 0. The van der Waals surface area contributed by atoms with E-state index >= 15 is 0 Å². The number of phosphoric acid groups is 2. The number of phosphoric ester groups is 2. The monoisotopic (exact) mass is 1480 g/mol. The lowest BCUT2D eigenvalue weighted by molar-refractivity contribution is -0.161. The Hall–Kier alpha value is -2.46. The van der Waals surface area contributed by atoms with Gasteiger partial charge in [0.15, 0.2) is 12.2 Å². The third-order valence-corrected chi connectivity index (χ3v) is 20.6. The van der Waals surface area contributed by atoms with Gasteiger partial charge in [0.25, 0.3) is 0 Å². The second kappa shape index (κ2) is 75.8. The Morgan fingerprint density at radius 1 is 0.277 bits per heavy atom. The summed E-state index contributed by atoms with van der Waals surface area (Å²) in [6.07, 6.45) is 71.4. The maximum Gasteiger partial charge on any atom is 0.472 e. The van der Waals surface area contributed by atoms with Gasteiger partial charge in [-0.25, -0.2) is 9.13 Å². The molecule has 0 fully saturated rings. The summed E-state index contributed by atoms with van der Waals surface area (Å²) in [5.74, 6) is -2.13. The fourth-order valence-corrected chi connectivity index (χ4v) is 13.9. The predicted molar refractivity (Wildman–Crippen MR) is 414 cm³/mol. The molecule has 0 amide bonds. The average molecular weight is 1480 g/mol. The third-order valence-electron chi connectivity index (χ3n) is 18.7. The van der Waals surface area contributed by atoms with Crippen molar-refractivity contribution in [1.29, 1.82) is 0 Å². The first-order valence-corrected chi connectivity index (χ1v) is 45.1. The molecule has 17 nitrogen and oxygen atoms in total. The number of hydrogen-bond donors (Lipinski definition) is 3. The van der Waals surface area contributed by atoms with Crippen LogP contribution in [-0.4, -0.2) is 96.7 Å². The number of ether oxygens (including phenoxy) is 4. The molecule has 0 bridgehead atoms. The first kappa shape index (κ1) is 98.5. The van der Waals surface area contributed by atoms with Gasteiger partial charge in [0, 0.05) is 25.7 Å². The first-order valence-electron chi connectivity index (χ1n) is 42.1. The van der Waals surface area contributed by atoms with Gasteiger partial charge < -0.3 is 33.8 Å². The molecule has 5 atom stereocenters. The molecule has 0 radical (unpaired) electrons. The van der Waals surface area contributed by atoms with Crippen molar-refractivity contribution in [2.45, 2.75) is 438 Å². The van der Waals surface area contributed by atoms with Crippen LogP contribution < -0.4 is 0 Å². The highest BCUT2D eigenvalue weighted by Gasteiger charge is 2.30. The lowest BCUT2D eigenvalue weighted by Gasteiger charge is -2.21. The molecule has 0 aliphatic carbocycles. The second-order valence-electron chi connectivity index (χ2n) is 28.8. The second-order valence-corrected chi connectivity index (χ2v) is 31.7. The number of unbranched alkanes of at least 4 members (excludes halogenated alkanes) is 52. The summed E-state index contributed by atoms with van der Waals surface area (Å²) in [4.78, 5) is 73.1. The molecule has 101 heavy (non-hydrogen) atoms. The van der Waals surface area contributed by atoms with E-state index in [4.69, 9.17) is 37.0 Å². The number of aliphatic hydroxyl groups is 1. The van der Waals surface area contributed by atoms with Crippen LogP contribution >= 0.6 is 15.6 Å². The molecule has 2 unspecified atom stereocenters. The van der Waals surface area contributed by atoms with Gasteiger partial charge in [0.1, 0.15) is 19.3 Å². The van der Waals surface area contributed by atoms with Crippen LogP contribution in [0.15, 0.2) is 24.3 Å². The third kappa shape index (κ3) is 75.6. The minimum Gasteiger partial charge on any atom is -0.462 e. The van der Waals surface area contributed by atoms with E-state index < -0.39 is 97.5 Å². The zero-order chi connectivity index (χ0) is 73.9. The zero-order valence-electron chi connectivity index (χ0n) is 65.4. The Morgan fingerprint density at radius 3 is 0.723 bits per heavy atom. The van der Waals surface area contributed by atoms with Crippen molar-refractivity contribution in [2.75, 3.05) is 39.6 Å². The maximum absolute atomic E-state index is 13.1. The minimum atomic E-state index is -4.97. The van der Waals surface area contributed by atoms with Crippen LogP contribution in [0.1, 0.15) is 419 Å². The molecule has 0 heterocycles. The fraction of sp³-hybridized carbons (Fsp3) is 0.902. The highest BCUT2D eigenvalue weighted by molar-refractivity contribution is 7.47. The zero-order valence-corrected chi connectivity index (χ0v) is 67.2. The molecule has 19 heteroatoms. The lowest BCUT2D eigenvalue weighted by atomic mass is 10.0. The highest BCUT2D eigenvalue weighted by Crippen LogP contribution is 2.45. The van der Waals surface area contributed by atoms with Crippen LogP contribution in [0.25, 0.3) is 0 Å². The number of rotatable bonds is 81. The van der Waals surface area contributed by atoms with Crippen molar-refractivity contribution in [3.8, 4) is 0 Å². The van der Waals surface area contributed by atoms with E-state index in [0.29, 0.717) is 25.7 Å². The summed E-state index contributed by atoms with van der Waals surface area (Å²) in [7, 11) is -9.93. The van der Waals surface area contributed by atoms with Crippen LogP contribution in [0.5, 0.6) is 0 Å². The van der Waals surface area contributed by atoms with Crippen LogP contribution in [0.4, 0.5) is 0 Å². The maximum atomic E-state index is 13.1. The fourth-order valence-electron chi connectivity index (χ4n) is 12.3. The largest absolute Gasteiger partial charge is 0.472 e. The SMILES string of the molecule is CCCCCC/C=C\C=C/CCCCCCCC(=O)OC[C@H](COP(=O)(O)OC[C@@H](O)COP(=O)(O)OC[C@@H](COC(=O)CCCCCCCCCCCCCC)OC(=O)CCCCCCCCCCCCCCCCC)OC(=O)CCCCCCCCCCCCCCCCCCCCC. The summed E-state index contributed by atoms with van der Waals surface area (Å²) >= 11 is 0. The van der Waals surface area contributed by atoms with Gasteiger partial charge in [-0.2, -0.15) is 0 Å². The molecule has 0 aromatic heterocycles. The number of allylic oxidation sites excluding steroid dienone is 4. The quantitative estimate of drug-likeness (QED) is 0.0169. The Labute approximate surface area is 618 Å². The van der Waals surface area contributed by atoms with Crippen LogP contribution in [0.2, 0.25) is 0 Å². The Balaban J connectivity index is 5.28. The van der Waals surface area contributed by atoms with E-state index in [1.807, 2.05) is 0 Å². The van der Waals surface area contributed by atoms with Crippen molar-refractivity contribution < 1.29 is 80.2 Å². The Bertz CT molecular complexity index is 2010. The van der Waals surface area contributed by atoms with Crippen molar-refractivity contribution >= 4 is 39.5 Å². The molecule has 596 valence electrons. The molecule has 0 saturated carbocycles. The van der Waals surface area contributed by atoms with Crippen molar-refractivity contribution in [2.24, 2.45) is 0 Å². The molecule has 0 rings (SSSR count). The minimum absolute atomic E-state index is 0.102. The Kier molecular flexibility index (Phi) is 73.9. The standard InChI is InChI=1S/C82H156O17P2/c1-5-9-13-17-21-25-29-33-36-37-38-39-42-45-49-53-57-61-65-69-82(87)99-78(73-93-80(85)67-63-59-55-51-47-43-40-34-30-26-22-18-14-10-6-2)75-97-101(90,91)95-71-76(83)70-94-100(88,89)96-74-77(72-92-79(84)66-62-58-54-50-46-32-28-24-20-16-12-8-4)98-81(86)68-64-60-56-52-48-44-41-35-31-27-23-19-15-11-7-3/h26,30,34,40,76-78,83H,5-25,27-29,31-33,35-39,41-75H2,1-4H3,(H,88,89)(H,90,91)/b30-26-,40-34-/t76-,77+,78+/m0/s1. The molecular formula is C82H156O17P2. The highest BCUT2D eigenvalue weighted by atomic mass is 31.2. The van der Waals surface area contributed by atoms with Crippen molar-refractivity contribution in [3.05, 3.63) is 24.3 Å². The van der Waals surface area contributed by atoms with E-state index in [2.05, 4.69) is 52.0 Å². The van der Waals surface area contributed by atoms with Gasteiger partial charge in [-0.05, 0) is 51.4 Å². The smallest absolute Gasteiger partial charge is 0.462 e. The summed E-state index contributed by atoms with van der Waals surface area (Å²) in [6, 6.07) is 0. The van der Waals surface area contributed by atoms with E-state index in [1.165, 1.54) is 231 Å². The molecule has 0 aromatic carbocycles. The first-order chi connectivity index (χ1) is 49.2. The van der Waals surface area contributed by atoms with Crippen molar-refractivity contribution in [3.63, 3.8) is 0 Å². The number of esters is 4. The van der Waals surface area contributed by atoms with Gasteiger partial charge in [-0.3, -0.25) is 37.3 Å². The Morgan fingerprint density at radius 2 is 0.475 bits per heavy atom. The number of carbonyl (C=O) groups excluding carboxylic acids is 4. The summed E-state index contributed by atoms with van der Waals surface area (Å²) in [6.45, 7) is 4.97. The summed E-state index contributed by atoms with van der Waals surface area (Å²) < 4.78 is 68.7. The van der Waals surface area contributed by atoms with E-state index in [0.717, 1.165) is 109 Å². The molecule has 0 aliphatic heterocycles. The lowest BCUT2D eigenvalue weighted by Crippen LogP contribution is -2.30. The molecule has 0 saturated heterocycles. The van der Waals surface area contributed by atoms with E-state index in [9.17, 15) is 43.2 Å². The summed E-state index contributed by atoms with van der Waals surface area (Å²) in [5, 5.41) is 10.6. The average Bonchev–Trinajstić information content (AvgIpc) is 1.35. The number of carbonyl (C=O) groups is 4. The van der Waals surface area contributed by atoms with Gasteiger partial charge in [0.05, 0.1) is 26.4 Å². The van der Waals surface area contributed by atoms with Gasteiger partial charge in [-0.1, -0.05) is 367 Å². The van der Waals surface area contributed by atoms with E-state index in [1.54, 1.807) is 0 Å². The normalized spacial score (nSPS) is 13.9. The molecule has 0 aliphatic rings. The van der Waals surface area contributed by atoms with Crippen molar-refractivity contribution in [1.82, 2.24) is 0 Å². The molecule has 0 aromatic rings.